The van der Waals surface area contributed by atoms with Crippen LogP contribution < -0.4 is 5.32 Å². The van der Waals surface area contributed by atoms with Gasteiger partial charge in [-0.15, -0.1) is 11.3 Å². The molecule has 0 fully saturated rings. The van der Waals surface area contributed by atoms with Crippen molar-refractivity contribution in [1.29, 1.82) is 0 Å². The molecule has 0 bridgehead atoms. The maximum absolute atomic E-state index is 4.16. The monoisotopic (exact) mass is 246 g/mol. The number of hydrogen-bond acceptors (Lipinski definition) is 3. The van der Waals surface area contributed by atoms with Crippen LogP contribution >= 0.6 is 11.3 Å². The molecule has 2 aromatic heterocycles. The van der Waals surface area contributed by atoms with Crippen molar-refractivity contribution >= 4 is 11.3 Å². The Kier molecular flexibility index (Phi) is 4.71. The fourth-order valence-electron chi connectivity index (χ4n) is 1.92. The van der Waals surface area contributed by atoms with Crippen LogP contribution in [0.1, 0.15) is 16.9 Å². The van der Waals surface area contributed by atoms with E-state index in [4.69, 9.17) is 0 Å². The molecule has 1 N–H and O–H groups in total. The van der Waals surface area contributed by atoms with Crippen LogP contribution in [0.4, 0.5) is 0 Å². The number of nitrogens with zero attached hydrogens (tertiary/aromatic N) is 1. The van der Waals surface area contributed by atoms with Crippen molar-refractivity contribution < 1.29 is 0 Å². The van der Waals surface area contributed by atoms with Crippen LogP contribution in [0.3, 0.4) is 0 Å². The number of aryl methyl sites for hydroxylation is 1. The lowest BCUT2D eigenvalue weighted by Gasteiger charge is -2.15. The van der Waals surface area contributed by atoms with E-state index in [-0.39, 0.29) is 0 Å². The molecule has 0 aliphatic heterocycles. The van der Waals surface area contributed by atoms with Gasteiger partial charge in [0.1, 0.15) is 0 Å². The van der Waals surface area contributed by atoms with Crippen LogP contribution in [0.15, 0.2) is 42.0 Å². The first-order chi connectivity index (χ1) is 8.38. The van der Waals surface area contributed by atoms with Gasteiger partial charge in [-0.2, -0.15) is 0 Å². The van der Waals surface area contributed by atoms with Gasteiger partial charge in [0.05, 0.1) is 0 Å². The molecule has 2 rings (SSSR count). The molecule has 0 aliphatic carbocycles. The van der Waals surface area contributed by atoms with Crippen LogP contribution in [-0.4, -0.2) is 18.1 Å². The first-order valence-corrected chi connectivity index (χ1v) is 6.85. The topological polar surface area (TPSA) is 24.9 Å². The molecule has 0 aromatic carbocycles. The van der Waals surface area contributed by atoms with Crippen molar-refractivity contribution in [2.75, 3.05) is 7.05 Å². The van der Waals surface area contributed by atoms with Crippen LogP contribution in [0.2, 0.25) is 0 Å². The predicted molar refractivity (Wildman–Crippen MR) is 73.4 cm³/mol. The lowest BCUT2D eigenvalue weighted by Crippen LogP contribution is -2.28. The summed E-state index contributed by atoms with van der Waals surface area (Å²) in [6.07, 6.45) is 7.16. The minimum Gasteiger partial charge on any atom is -0.317 e. The molecular formula is C14H18N2S. The second kappa shape index (κ2) is 6.52. The van der Waals surface area contributed by atoms with E-state index < -0.39 is 0 Å². The third-order valence-electron chi connectivity index (χ3n) is 2.93. The summed E-state index contributed by atoms with van der Waals surface area (Å²) in [6, 6.07) is 9.00. The van der Waals surface area contributed by atoms with Gasteiger partial charge in [-0.3, -0.25) is 4.98 Å². The summed E-state index contributed by atoms with van der Waals surface area (Å²) in [5.41, 5.74) is 1.30. The average molecular weight is 246 g/mol. The zero-order valence-corrected chi connectivity index (χ0v) is 10.9. The molecule has 2 nitrogen and oxygen atoms in total. The van der Waals surface area contributed by atoms with Gasteiger partial charge in [0.2, 0.25) is 0 Å². The van der Waals surface area contributed by atoms with Crippen LogP contribution in [0, 0.1) is 0 Å². The summed E-state index contributed by atoms with van der Waals surface area (Å²) in [5, 5.41) is 5.53. The molecule has 0 spiro atoms. The SMILES string of the molecule is CNC(CCc1cccs1)Cc1cccnc1. The Bertz CT molecular complexity index is 411. The molecule has 1 unspecified atom stereocenters. The highest BCUT2D eigenvalue weighted by Gasteiger charge is 2.07. The molecular weight excluding hydrogens is 228 g/mol. The minimum atomic E-state index is 0.529. The Morgan fingerprint density at radius 3 is 2.94 bits per heavy atom. The maximum atomic E-state index is 4.16. The molecule has 17 heavy (non-hydrogen) atoms. The van der Waals surface area contributed by atoms with Crippen LogP contribution in [0.5, 0.6) is 0 Å². The van der Waals surface area contributed by atoms with E-state index in [1.54, 1.807) is 0 Å². The van der Waals surface area contributed by atoms with Crippen LogP contribution in [0.25, 0.3) is 0 Å². The fraction of sp³-hybridized carbons (Fsp3) is 0.357. The standard InChI is InChI=1S/C14H18N2S/c1-15-13(6-7-14-5-3-9-17-14)10-12-4-2-8-16-11-12/h2-5,8-9,11,13,15H,6-7,10H2,1H3. The summed E-state index contributed by atoms with van der Waals surface area (Å²) < 4.78 is 0. The average Bonchev–Trinajstić information content (AvgIpc) is 2.89. The molecule has 3 heteroatoms. The van der Waals surface area contributed by atoms with E-state index in [1.807, 2.05) is 36.8 Å². The van der Waals surface area contributed by atoms with E-state index in [0.717, 1.165) is 12.8 Å². The van der Waals surface area contributed by atoms with Crippen molar-refractivity contribution in [1.82, 2.24) is 10.3 Å². The Labute approximate surface area is 107 Å². The quantitative estimate of drug-likeness (QED) is 0.847. The summed E-state index contributed by atoms with van der Waals surface area (Å²) in [4.78, 5) is 5.63. The van der Waals surface area contributed by atoms with Crippen molar-refractivity contribution in [2.45, 2.75) is 25.3 Å². The largest absolute Gasteiger partial charge is 0.317 e. The van der Waals surface area contributed by atoms with Gasteiger partial charge in [0.15, 0.2) is 0 Å². The first kappa shape index (κ1) is 12.3. The highest BCUT2D eigenvalue weighted by molar-refractivity contribution is 7.09. The first-order valence-electron chi connectivity index (χ1n) is 5.97. The zero-order chi connectivity index (χ0) is 11.9. The minimum absolute atomic E-state index is 0.529. The molecule has 1 atom stereocenters. The summed E-state index contributed by atoms with van der Waals surface area (Å²) >= 11 is 1.84. The molecule has 0 amide bonds. The molecule has 2 aromatic rings. The van der Waals surface area contributed by atoms with Crippen molar-refractivity contribution in [3.63, 3.8) is 0 Å². The number of pyridine rings is 1. The van der Waals surface area contributed by atoms with Gasteiger partial charge in [-0.05, 0) is 49.4 Å². The van der Waals surface area contributed by atoms with Gasteiger partial charge in [-0.1, -0.05) is 12.1 Å². The fourth-order valence-corrected chi connectivity index (χ4v) is 2.65. The van der Waals surface area contributed by atoms with E-state index in [9.17, 15) is 0 Å². The van der Waals surface area contributed by atoms with Gasteiger partial charge in [-0.25, -0.2) is 0 Å². The van der Waals surface area contributed by atoms with E-state index in [0.29, 0.717) is 6.04 Å². The number of thiophene rings is 1. The normalized spacial score (nSPS) is 12.5. The number of rotatable bonds is 6. The number of nitrogens with one attached hydrogen (secondary N) is 1. The molecule has 0 aliphatic rings. The molecule has 90 valence electrons. The summed E-state index contributed by atoms with van der Waals surface area (Å²) in [5.74, 6) is 0. The Morgan fingerprint density at radius 2 is 2.29 bits per heavy atom. The van der Waals surface area contributed by atoms with Crippen LogP contribution in [-0.2, 0) is 12.8 Å². The summed E-state index contributed by atoms with van der Waals surface area (Å²) in [6.45, 7) is 0. The van der Waals surface area contributed by atoms with Gasteiger partial charge in [0, 0.05) is 23.3 Å². The third kappa shape index (κ3) is 3.95. The molecule has 0 radical (unpaired) electrons. The summed E-state index contributed by atoms with van der Waals surface area (Å²) in [7, 11) is 2.04. The second-order valence-corrected chi connectivity index (χ2v) is 5.20. The lowest BCUT2D eigenvalue weighted by atomic mass is 10.0. The highest BCUT2D eigenvalue weighted by atomic mass is 32.1. The predicted octanol–water partition coefficient (Wildman–Crippen LogP) is 2.91. The van der Waals surface area contributed by atoms with E-state index in [2.05, 4.69) is 33.9 Å². The van der Waals surface area contributed by atoms with E-state index in [1.165, 1.54) is 16.9 Å². The number of aromatic nitrogens is 1. The van der Waals surface area contributed by atoms with Crippen molar-refractivity contribution in [2.24, 2.45) is 0 Å². The highest BCUT2D eigenvalue weighted by Crippen LogP contribution is 2.13. The maximum Gasteiger partial charge on any atom is 0.0300 e. The zero-order valence-electron chi connectivity index (χ0n) is 10.1. The molecule has 0 saturated heterocycles. The Balaban J connectivity index is 1.85. The second-order valence-electron chi connectivity index (χ2n) is 4.17. The smallest absolute Gasteiger partial charge is 0.0300 e. The van der Waals surface area contributed by atoms with Crippen molar-refractivity contribution in [3.05, 3.63) is 52.5 Å². The molecule has 0 saturated carbocycles. The Morgan fingerprint density at radius 1 is 1.35 bits per heavy atom. The lowest BCUT2D eigenvalue weighted by molar-refractivity contribution is 0.521. The van der Waals surface area contributed by atoms with Crippen molar-refractivity contribution in [3.8, 4) is 0 Å². The van der Waals surface area contributed by atoms with Gasteiger partial charge in [0.25, 0.3) is 0 Å². The van der Waals surface area contributed by atoms with E-state index >= 15 is 0 Å². The number of likely N-dealkylation sites (N-methyl/N-ethyl adjacent to an activating group) is 1. The Hall–Kier alpha value is -1.19. The van der Waals surface area contributed by atoms with Gasteiger partial charge < -0.3 is 5.32 Å². The van der Waals surface area contributed by atoms with Gasteiger partial charge >= 0.3 is 0 Å². The molecule has 2 heterocycles. The number of hydrogen-bond donors (Lipinski definition) is 1. The third-order valence-corrected chi connectivity index (χ3v) is 3.87.